The molecule has 0 spiro atoms. The minimum absolute atomic E-state index is 0.162. The van der Waals surface area contributed by atoms with Gasteiger partial charge in [-0.3, -0.25) is 9.59 Å². The molecule has 0 radical (unpaired) electrons. The number of unbranched alkanes of at least 4 members (excludes halogenated alkanes) is 1. The zero-order chi connectivity index (χ0) is 21.6. The summed E-state index contributed by atoms with van der Waals surface area (Å²) in [6.07, 6.45) is 7.11. The molecule has 6 heteroatoms. The molecule has 2 N–H and O–H groups in total. The fourth-order valence-corrected chi connectivity index (χ4v) is 2.72. The van der Waals surface area contributed by atoms with Crippen molar-refractivity contribution in [2.75, 3.05) is 0 Å². The van der Waals surface area contributed by atoms with E-state index in [1.54, 1.807) is 12.4 Å². The third-order valence-corrected chi connectivity index (χ3v) is 4.64. The van der Waals surface area contributed by atoms with Crippen molar-refractivity contribution in [3.8, 4) is 0 Å². The number of hydrogen-bond acceptors (Lipinski definition) is 4. The predicted octanol–water partition coefficient (Wildman–Crippen LogP) is 3.97. The average molecular weight is 407 g/mol. The third-order valence-electron chi connectivity index (χ3n) is 4.64. The second-order valence-corrected chi connectivity index (χ2v) is 6.98. The second-order valence-electron chi connectivity index (χ2n) is 6.98. The third kappa shape index (κ3) is 8.82. The van der Waals surface area contributed by atoms with Gasteiger partial charge in [0, 0.05) is 12.8 Å². The van der Waals surface area contributed by atoms with Gasteiger partial charge < -0.3 is 0 Å². The summed E-state index contributed by atoms with van der Waals surface area (Å²) in [7, 11) is 0. The lowest BCUT2D eigenvalue weighted by molar-refractivity contribution is -0.123. The fourth-order valence-electron chi connectivity index (χ4n) is 2.72. The van der Waals surface area contributed by atoms with Crippen LogP contribution >= 0.6 is 0 Å². The SMILES string of the molecule is CCc1ccc(C=NNC(=O)CCCCC(=O)NN=Cc2ccc(CC)cc2)cc1. The molecule has 0 bridgehead atoms. The highest BCUT2D eigenvalue weighted by Gasteiger charge is 2.03. The van der Waals surface area contributed by atoms with Crippen LogP contribution in [0.25, 0.3) is 0 Å². The molecule has 158 valence electrons. The van der Waals surface area contributed by atoms with Gasteiger partial charge in [-0.25, -0.2) is 10.9 Å². The van der Waals surface area contributed by atoms with E-state index < -0.39 is 0 Å². The van der Waals surface area contributed by atoms with Crippen molar-refractivity contribution in [1.29, 1.82) is 0 Å². The highest BCUT2D eigenvalue weighted by Crippen LogP contribution is 2.04. The Morgan fingerprint density at radius 2 is 1.07 bits per heavy atom. The zero-order valence-electron chi connectivity index (χ0n) is 17.7. The first-order valence-electron chi connectivity index (χ1n) is 10.4. The van der Waals surface area contributed by atoms with Gasteiger partial charge in [0.15, 0.2) is 0 Å². The lowest BCUT2D eigenvalue weighted by Gasteiger charge is -2.01. The van der Waals surface area contributed by atoms with Gasteiger partial charge in [0.25, 0.3) is 0 Å². The Bertz CT molecular complexity index is 782. The summed E-state index contributed by atoms with van der Waals surface area (Å²) < 4.78 is 0. The molecule has 30 heavy (non-hydrogen) atoms. The maximum absolute atomic E-state index is 11.8. The Kier molecular flexibility index (Phi) is 10.00. The van der Waals surface area contributed by atoms with E-state index >= 15 is 0 Å². The number of hydrogen-bond donors (Lipinski definition) is 2. The summed E-state index contributed by atoms with van der Waals surface area (Å²) in [6, 6.07) is 16.0. The second kappa shape index (κ2) is 13.0. The van der Waals surface area contributed by atoms with Gasteiger partial charge in [-0.1, -0.05) is 62.4 Å². The number of carbonyl (C=O) groups excluding carboxylic acids is 2. The number of nitrogens with one attached hydrogen (secondary N) is 2. The average Bonchev–Trinajstić information content (AvgIpc) is 2.77. The monoisotopic (exact) mass is 406 g/mol. The first kappa shape index (κ1) is 23.0. The minimum Gasteiger partial charge on any atom is -0.273 e. The lowest BCUT2D eigenvalue weighted by atomic mass is 10.1. The van der Waals surface area contributed by atoms with E-state index in [9.17, 15) is 9.59 Å². The molecule has 0 aliphatic rings. The van der Waals surface area contributed by atoms with Crippen LogP contribution in [0.4, 0.5) is 0 Å². The summed E-state index contributed by atoms with van der Waals surface area (Å²) in [5.74, 6) is -0.323. The van der Waals surface area contributed by atoms with Crippen molar-refractivity contribution in [2.24, 2.45) is 10.2 Å². The van der Waals surface area contributed by atoms with E-state index in [2.05, 4.69) is 34.9 Å². The molecular weight excluding hydrogens is 376 g/mol. The quantitative estimate of drug-likeness (QED) is 0.336. The molecule has 0 atom stereocenters. The van der Waals surface area contributed by atoms with Crippen LogP contribution in [0.2, 0.25) is 0 Å². The Hall–Kier alpha value is -3.28. The van der Waals surface area contributed by atoms with Crippen molar-refractivity contribution in [3.63, 3.8) is 0 Å². The standard InChI is InChI=1S/C24H30N4O2/c1-3-19-9-13-21(14-10-19)17-25-27-23(29)7-5-6-8-24(30)28-26-18-22-15-11-20(4-2)12-16-22/h9-18H,3-8H2,1-2H3,(H,27,29)(H,28,30). The highest BCUT2D eigenvalue weighted by molar-refractivity contribution is 5.83. The Morgan fingerprint density at radius 1 is 0.700 bits per heavy atom. The normalized spacial score (nSPS) is 11.1. The Balaban J connectivity index is 1.58. The number of rotatable bonds is 11. The number of benzene rings is 2. The molecule has 0 saturated carbocycles. The van der Waals surface area contributed by atoms with Crippen LogP contribution in [0.15, 0.2) is 58.7 Å². The van der Waals surface area contributed by atoms with E-state index in [0.717, 1.165) is 24.0 Å². The predicted molar refractivity (Wildman–Crippen MR) is 122 cm³/mol. The molecule has 0 unspecified atom stereocenters. The van der Waals surface area contributed by atoms with Gasteiger partial charge in [0.1, 0.15) is 0 Å². The summed E-state index contributed by atoms with van der Waals surface area (Å²) in [5, 5.41) is 7.94. The molecule has 2 amide bonds. The topological polar surface area (TPSA) is 82.9 Å². The molecule has 2 aromatic carbocycles. The van der Waals surface area contributed by atoms with Gasteiger partial charge in [-0.05, 0) is 47.9 Å². The van der Waals surface area contributed by atoms with Crippen LogP contribution in [-0.2, 0) is 22.4 Å². The van der Waals surface area contributed by atoms with Crippen molar-refractivity contribution < 1.29 is 9.59 Å². The van der Waals surface area contributed by atoms with Gasteiger partial charge in [-0.2, -0.15) is 10.2 Å². The number of amides is 2. The van der Waals surface area contributed by atoms with Crippen molar-refractivity contribution in [3.05, 3.63) is 70.8 Å². The Labute approximate surface area is 178 Å². The van der Waals surface area contributed by atoms with Crippen LogP contribution in [0.3, 0.4) is 0 Å². The molecule has 0 aliphatic heterocycles. The number of hydrazone groups is 2. The number of carbonyl (C=O) groups is 2. The minimum atomic E-state index is -0.162. The molecule has 0 aliphatic carbocycles. The van der Waals surface area contributed by atoms with Crippen LogP contribution < -0.4 is 10.9 Å². The summed E-state index contributed by atoms with van der Waals surface area (Å²) in [6.45, 7) is 4.21. The molecule has 0 saturated heterocycles. The van der Waals surface area contributed by atoms with E-state index in [1.807, 2.05) is 48.5 Å². The van der Waals surface area contributed by atoms with E-state index in [4.69, 9.17) is 0 Å². The van der Waals surface area contributed by atoms with Gasteiger partial charge in [0.2, 0.25) is 11.8 Å². The van der Waals surface area contributed by atoms with Gasteiger partial charge in [0.05, 0.1) is 12.4 Å². The van der Waals surface area contributed by atoms with E-state index in [0.29, 0.717) is 25.7 Å². The van der Waals surface area contributed by atoms with Crippen molar-refractivity contribution in [1.82, 2.24) is 10.9 Å². The smallest absolute Gasteiger partial charge is 0.240 e. The van der Waals surface area contributed by atoms with Crippen molar-refractivity contribution >= 4 is 24.2 Å². The maximum Gasteiger partial charge on any atom is 0.240 e. The molecule has 0 heterocycles. The largest absolute Gasteiger partial charge is 0.273 e. The van der Waals surface area contributed by atoms with Crippen molar-refractivity contribution in [2.45, 2.75) is 52.4 Å². The summed E-state index contributed by atoms with van der Waals surface area (Å²) in [5.41, 5.74) is 9.42. The number of aryl methyl sites for hydroxylation is 2. The lowest BCUT2D eigenvalue weighted by Crippen LogP contribution is -2.19. The molecule has 2 rings (SSSR count). The molecule has 6 nitrogen and oxygen atoms in total. The molecule has 2 aromatic rings. The zero-order valence-corrected chi connectivity index (χ0v) is 17.7. The number of nitrogens with zero attached hydrogens (tertiary/aromatic N) is 2. The van der Waals surface area contributed by atoms with E-state index in [-0.39, 0.29) is 11.8 Å². The first-order valence-corrected chi connectivity index (χ1v) is 10.4. The van der Waals surface area contributed by atoms with Crippen LogP contribution in [0.1, 0.15) is 61.8 Å². The van der Waals surface area contributed by atoms with E-state index in [1.165, 1.54) is 11.1 Å². The molecule has 0 fully saturated rings. The fraction of sp³-hybridized carbons (Fsp3) is 0.333. The molecular formula is C24H30N4O2. The Morgan fingerprint density at radius 3 is 1.40 bits per heavy atom. The summed E-state index contributed by atoms with van der Waals surface area (Å²) in [4.78, 5) is 23.6. The van der Waals surface area contributed by atoms with Crippen LogP contribution in [0, 0.1) is 0 Å². The van der Waals surface area contributed by atoms with Gasteiger partial charge >= 0.3 is 0 Å². The summed E-state index contributed by atoms with van der Waals surface area (Å²) >= 11 is 0. The first-order chi connectivity index (χ1) is 14.6. The maximum atomic E-state index is 11.8. The molecule has 0 aromatic heterocycles. The highest BCUT2D eigenvalue weighted by atomic mass is 16.2. The van der Waals surface area contributed by atoms with Crippen LogP contribution in [0.5, 0.6) is 0 Å². The van der Waals surface area contributed by atoms with Gasteiger partial charge in [-0.15, -0.1) is 0 Å². The van der Waals surface area contributed by atoms with Crippen LogP contribution in [-0.4, -0.2) is 24.2 Å².